The second kappa shape index (κ2) is 7.46. The van der Waals surface area contributed by atoms with Gasteiger partial charge in [-0.2, -0.15) is 0 Å². The number of fused-ring (bicyclic) bond motifs is 3. The van der Waals surface area contributed by atoms with Gasteiger partial charge in [-0.05, 0) is 42.4 Å². The average Bonchev–Trinajstić information content (AvgIpc) is 3.08. The third-order valence-corrected chi connectivity index (χ3v) is 6.68. The molecule has 1 saturated heterocycles. The smallest absolute Gasteiger partial charge is 0.255 e. The van der Waals surface area contributed by atoms with Gasteiger partial charge in [0.2, 0.25) is 0 Å². The van der Waals surface area contributed by atoms with Gasteiger partial charge in [-0.3, -0.25) is 4.79 Å². The summed E-state index contributed by atoms with van der Waals surface area (Å²) >= 11 is 0. The van der Waals surface area contributed by atoms with Crippen LogP contribution in [0.5, 0.6) is 0 Å². The Hall–Kier alpha value is -2.55. The molecule has 1 aliphatic carbocycles. The minimum Gasteiger partial charge on any atom is -0.377 e. The van der Waals surface area contributed by atoms with Crippen molar-refractivity contribution < 1.29 is 4.79 Å². The van der Waals surface area contributed by atoms with Crippen molar-refractivity contribution in [3.63, 3.8) is 0 Å². The highest BCUT2D eigenvalue weighted by Gasteiger charge is 2.39. The standard InChI is InChI=1S/C25H28N2O/c28-25(27-16-6-1-2-7-17-27)22-15-9-14-21-19-12-8-13-20(19)23(26-24(21)22)18-10-4-3-5-11-18/h3-5,8-12,14-15,19-20,23,26H,1-2,6-7,13,16-17H2. The van der Waals surface area contributed by atoms with Crippen LogP contribution in [0, 0.1) is 5.92 Å². The Labute approximate surface area is 167 Å². The molecule has 3 nitrogen and oxygen atoms in total. The summed E-state index contributed by atoms with van der Waals surface area (Å²) in [7, 11) is 0. The van der Waals surface area contributed by atoms with E-state index in [0.29, 0.717) is 11.8 Å². The van der Waals surface area contributed by atoms with Crippen molar-refractivity contribution in [2.24, 2.45) is 5.92 Å². The maximum Gasteiger partial charge on any atom is 0.255 e. The number of benzene rings is 2. The number of rotatable bonds is 2. The summed E-state index contributed by atoms with van der Waals surface area (Å²) in [4.78, 5) is 15.5. The third kappa shape index (κ3) is 3.03. The number of likely N-dealkylation sites (tertiary alicyclic amines) is 1. The molecule has 2 aromatic carbocycles. The van der Waals surface area contributed by atoms with Crippen LogP contribution in [0.4, 0.5) is 5.69 Å². The van der Waals surface area contributed by atoms with E-state index in [1.54, 1.807) is 0 Å². The first-order valence-electron chi connectivity index (χ1n) is 10.7. The molecule has 2 heterocycles. The van der Waals surface area contributed by atoms with Crippen LogP contribution in [0.15, 0.2) is 60.7 Å². The van der Waals surface area contributed by atoms with Crippen LogP contribution >= 0.6 is 0 Å². The van der Waals surface area contributed by atoms with E-state index in [1.165, 1.54) is 24.0 Å². The molecule has 28 heavy (non-hydrogen) atoms. The van der Waals surface area contributed by atoms with Gasteiger partial charge in [-0.15, -0.1) is 0 Å². The molecule has 5 rings (SSSR count). The lowest BCUT2D eigenvalue weighted by Crippen LogP contribution is -2.35. The molecular formula is C25H28N2O. The van der Waals surface area contributed by atoms with E-state index in [9.17, 15) is 4.79 Å². The van der Waals surface area contributed by atoms with E-state index < -0.39 is 0 Å². The van der Waals surface area contributed by atoms with Gasteiger partial charge in [0, 0.05) is 19.0 Å². The quantitative estimate of drug-likeness (QED) is 0.703. The molecular weight excluding hydrogens is 344 g/mol. The van der Waals surface area contributed by atoms with Crippen LogP contribution < -0.4 is 5.32 Å². The van der Waals surface area contributed by atoms with Gasteiger partial charge >= 0.3 is 0 Å². The first kappa shape index (κ1) is 17.5. The topological polar surface area (TPSA) is 32.3 Å². The Morgan fingerprint density at radius 3 is 2.50 bits per heavy atom. The van der Waals surface area contributed by atoms with Crippen LogP contribution in [0.3, 0.4) is 0 Å². The van der Waals surface area contributed by atoms with Crippen molar-refractivity contribution in [2.45, 2.75) is 44.1 Å². The molecule has 0 radical (unpaired) electrons. The number of anilines is 1. The summed E-state index contributed by atoms with van der Waals surface area (Å²) in [5.41, 5.74) is 4.49. The summed E-state index contributed by atoms with van der Waals surface area (Å²) in [5, 5.41) is 3.80. The largest absolute Gasteiger partial charge is 0.377 e. The zero-order valence-electron chi connectivity index (χ0n) is 16.3. The molecule has 3 atom stereocenters. The highest BCUT2D eigenvalue weighted by molar-refractivity contribution is 6.00. The van der Waals surface area contributed by atoms with E-state index in [-0.39, 0.29) is 11.9 Å². The van der Waals surface area contributed by atoms with Crippen molar-refractivity contribution >= 4 is 11.6 Å². The van der Waals surface area contributed by atoms with Crippen molar-refractivity contribution in [3.8, 4) is 0 Å². The molecule has 1 fully saturated rings. The van der Waals surface area contributed by atoms with Gasteiger partial charge < -0.3 is 10.2 Å². The van der Waals surface area contributed by atoms with Gasteiger partial charge in [0.05, 0.1) is 17.3 Å². The number of nitrogens with one attached hydrogen (secondary N) is 1. The molecule has 0 aromatic heterocycles. The van der Waals surface area contributed by atoms with Crippen molar-refractivity contribution in [1.29, 1.82) is 0 Å². The van der Waals surface area contributed by atoms with Crippen LogP contribution in [0.1, 0.15) is 65.5 Å². The molecule has 3 unspecified atom stereocenters. The number of amides is 1. The Bertz CT molecular complexity index is 881. The molecule has 0 spiro atoms. The van der Waals surface area contributed by atoms with Gasteiger partial charge in [0.25, 0.3) is 5.91 Å². The van der Waals surface area contributed by atoms with E-state index in [0.717, 1.165) is 43.6 Å². The number of hydrogen-bond acceptors (Lipinski definition) is 2. The summed E-state index contributed by atoms with van der Waals surface area (Å²) in [6.45, 7) is 1.77. The lowest BCUT2D eigenvalue weighted by molar-refractivity contribution is 0.0762. The predicted octanol–water partition coefficient (Wildman–Crippen LogP) is 5.53. The molecule has 0 bridgehead atoms. The van der Waals surface area contributed by atoms with E-state index >= 15 is 0 Å². The van der Waals surface area contributed by atoms with Gasteiger partial charge in [-0.25, -0.2) is 0 Å². The summed E-state index contributed by atoms with van der Waals surface area (Å²) in [6, 6.07) is 17.2. The zero-order chi connectivity index (χ0) is 18.9. The number of carbonyl (C=O) groups is 1. The van der Waals surface area contributed by atoms with Crippen LogP contribution in [0.25, 0.3) is 0 Å². The summed E-state index contributed by atoms with van der Waals surface area (Å²) in [5.74, 6) is 1.09. The molecule has 2 aliphatic heterocycles. The Morgan fingerprint density at radius 2 is 1.71 bits per heavy atom. The minimum absolute atomic E-state index is 0.193. The summed E-state index contributed by atoms with van der Waals surface area (Å²) in [6.07, 6.45) is 10.5. The monoisotopic (exact) mass is 372 g/mol. The van der Waals surface area contributed by atoms with Crippen LogP contribution in [-0.2, 0) is 0 Å². The first-order valence-corrected chi connectivity index (χ1v) is 10.7. The van der Waals surface area contributed by atoms with E-state index in [2.05, 4.69) is 64.8 Å². The van der Waals surface area contributed by atoms with Gasteiger partial charge in [0.1, 0.15) is 0 Å². The first-order chi connectivity index (χ1) is 13.8. The third-order valence-electron chi connectivity index (χ3n) is 6.68. The Kier molecular flexibility index (Phi) is 4.67. The number of para-hydroxylation sites is 1. The zero-order valence-corrected chi connectivity index (χ0v) is 16.3. The lowest BCUT2D eigenvalue weighted by Gasteiger charge is -2.38. The van der Waals surface area contributed by atoms with E-state index in [4.69, 9.17) is 0 Å². The molecule has 3 heteroatoms. The number of allylic oxidation sites excluding steroid dienone is 2. The maximum atomic E-state index is 13.4. The molecule has 0 saturated carbocycles. The number of carbonyl (C=O) groups excluding carboxylic acids is 1. The molecule has 3 aliphatic rings. The van der Waals surface area contributed by atoms with Crippen molar-refractivity contribution in [1.82, 2.24) is 4.90 Å². The fourth-order valence-corrected chi connectivity index (χ4v) is 5.23. The molecule has 2 aromatic rings. The fraction of sp³-hybridized carbons (Fsp3) is 0.400. The fourth-order valence-electron chi connectivity index (χ4n) is 5.23. The highest BCUT2D eigenvalue weighted by Crippen LogP contribution is 2.50. The van der Waals surface area contributed by atoms with Crippen molar-refractivity contribution in [2.75, 3.05) is 18.4 Å². The molecule has 144 valence electrons. The number of hydrogen-bond donors (Lipinski definition) is 1. The van der Waals surface area contributed by atoms with E-state index in [1.807, 2.05) is 6.07 Å². The second-order valence-electron chi connectivity index (χ2n) is 8.36. The second-order valence-corrected chi connectivity index (χ2v) is 8.36. The normalized spacial score (nSPS) is 26.1. The lowest BCUT2D eigenvalue weighted by atomic mass is 9.76. The van der Waals surface area contributed by atoms with Crippen molar-refractivity contribution in [3.05, 3.63) is 77.4 Å². The highest BCUT2D eigenvalue weighted by atomic mass is 16.2. The maximum absolute atomic E-state index is 13.4. The molecule has 1 amide bonds. The summed E-state index contributed by atoms with van der Waals surface area (Å²) < 4.78 is 0. The number of nitrogens with zero attached hydrogens (tertiary/aromatic N) is 1. The van der Waals surface area contributed by atoms with Gasteiger partial charge in [0.15, 0.2) is 0 Å². The SMILES string of the molecule is O=C(c1cccc2c1NC(c1ccccc1)C1CC=CC21)N1CCCCCC1. The Morgan fingerprint density at radius 1 is 0.929 bits per heavy atom. The van der Waals surface area contributed by atoms with Crippen LogP contribution in [0.2, 0.25) is 0 Å². The van der Waals surface area contributed by atoms with Crippen LogP contribution in [-0.4, -0.2) is 23.9 Å². The molecule has 1 N–H and O–H groups in total. The predicted molar refractivity (Wildman–Crippen MR) is 114 cm³/mol. The Balaban J connectivity index is 1.54. The van der Waals surface area contributed by atoms with Gasteiger partial charge in [-0.1, -0.05) is 67.5 Å². The average molecular weight is 373 g/mol. The minimum atomic E-state index is 0.193.